The number of ether oxygens (including phenoxy) is 2. The van der Waals surface area contributed by atoms with Crippen molar-refractivity contribution in [2.75, 3.05) is 19.8 Å². The van der Waals surface area contributed by atoms with Gasteiger partial charge in [0.15, 0.2) is 5.78 Å². The lowest BCUT2D eigenvalue weighted by Gasteiger charge is -2.43. The van der Waals surface area contributed by atoms with Crippen LogP contribution in [0.5, 0.6) is 0 Å². The Morgan fingerprint density at radius 3 is 2.67 bits per heavy atom. The molecule has 1 spiro atoms. The van der Waals surface area contributed by atoms with Gasteiger partial charge in [0.05, 0.1) is 5.60 Å². The van der Waals surface area contributed by atoms with E-state index >= 15 is 0 Å². The Kier molecular flexibility index (Phi) is 4.84. The third-order valence-electron chi connectivity index (χ3n) is 4.46. The van der Waals surface area contributed by atoms with Gasteiger partial charge in [-0.3, -0.25) is 4.79 Å². The summed E-state index contributed by atoms with van der Waals surface area (Å²) < 4.78 is 13.3. The van der Waals surface area contributed by atoms with Gasteiger partial charge in [0, 0.05) is 40.2 Å². The lowest BCUT2D eigenvalue weighted by molar-refractivity contribution is -0.142. The van der Waals surface area contributed by atoms with Crippen molar-refractivity contribution in [3.05, 3.63) is 32.7 Å². The summed E-state index contributed by atoms with van der Waals surface area (Å²) in [6.07, 6.45) is 3.43. The number of hydrogen-bond acceptors (Lipinski definition) is 3. The monoisotopic (exact) mass is 416 g/mol. The SMILES string of the molecule is O=C(c1ccc(Br)cc1Br)C1CCOC2(CCOCC2)C1. The summed E-state index contributed by atoms with van der Waals surface area (Å²) in [7, 11) is 0. The van der Waals surface area contributed by atoms with Crippen molar-refractivity contribution in [2.24, 2.45) is 5.92 Å². The Bertz CT molecular complexity index is 533. The van der Waals surface area contributed by atoms with Crippen molar-refractivity contribution in [3.63, 3.8) is 0 Å². The summed E-state index contributed by atoms with van der Waals surface area (Å²) in [4.78, 5) is 12.8. The summed E-state index contributed by atoms with van der Waals surface area (Å²) in [6.45, 7) is 2.15. The highest BCUT2D eigenvalue weighted by Gasteiger charge is 2.41. The zero-order chi connectivity index (χ0) is 14.9. The van der Waals surface area contributed by atoms with Crippen molar-refractivity contribution in [1.82, 2.24) is 0 Å². The molecule has 1 aromatic carbocycles. The Morgan fingerprint density at radius 2 is 1.95 bits per heavy atom. The van der Waals surface area contributed by atoms with Crippen LogP contribution >= 0.6 is 31.9 Å². The van der Waals surface area contributed by atoms with Gasteiger partial charge < -0.3 is 9.47 Å². The molecular weight excluding hydrogens is 400 g/mol. The summed E-state index contributed by atoms with van der Waals surface area (Å²) in [5.74, 6) is 0.276. The van der Waals surface area contributed by atoms with Crippen LogP contribution in [-0.4, -0.2) is 31.2 Å². The summed E-state index contributed by atoms with van der Waals surface area (Å²) in [5, 5.41) is 0. The summed E-state index contributed by atoms with van der Waals surface area (Å²) >= 11 is 6.92. The van der Waals surface area contributed by atoms with Crippen LogP contribution in [0, 0.1) is 5.92 Å². The minimum absolute atomic E-state index is 0.0503. The highest BCUT2D eigenvalue weighted by atomic mass is 79.9. The fourth-order valence-corrected chi connectivity index (χ4v) is 4.50. The molecule has 0 bridgehead atoms. The van der Waals surface area contributed by atoms with E-state index in [0.29, 0.717) is 6.61 Å². The number of halogens is 2. The Balaban J connectivity index is 1.77. The predicted octanol–water partition coefficient (Wildman–Crippen LogP) is 4.37. The molecule has 0 radical (unpaired) electrons. The van der Waals surface area contributed by atoms with E-state index in [4.69, 9.17) is 9.47 Å². The molecule has 1 aromatic rings. The van der Waals surface area contributed by atoms with Crippen LogP contribution in [0.15, 0.2) is 27.1 Å². The third-order valence-corrected chi connectivity index (χ3v) is 5.61. The Morgan fingerprint density at radius 1 is 1.19 bits per heavy atom. The predicted molar refractivity (Wildman–Crippen MR) is 87.6 cm³/mol. The molecule has 114 valence electrons. The van der Waals surface area contributed by atoms with Gasteiger partial charge >= 0.3 is 0 Å². The topological polar surface area (TPSA) is 35.5 Å². The van der Waals surface area contributed by atoms with E-state index < -0.39 is 0 Å². The van der Waals surface area contributed by atoms with Crippen LogP contribution in [0.1, 0.15) is 36.0 Å². The van der Waals surface area contributed by atoms with Crippen molar-refractivity contribution in [3.8, 4) is 0 Å². The van der Waals surface area contributed by atoms with E-state index in [2.05, 4.69) is 31.9 Å². The fraction of sp³-hybridized carbons (Fsp3) is 0.562. The first-order chi connectivity index (χ1) is 10.1. The number of Topliss-reactive ketones (excluding diaryl/α,β-unsaturated/α-hetero) is 1. The highest BCUT2D eigenvalue weighted by Crippen LogP contribution is 2.39. The van der Waals surface area contributed by atoms with Gasteiger partial charge in [-0.1, -0.05) is 31.9 Å². The van der Waals surface area contributed by atoms with E-state index in [1.165, 1.54) is 0 Å². The second-order valence-electron chi connectivity index (χ2n) is 5.82. The second kappa shape index (κ2) is 6.49. The molecule has 0 N–H and O–H groups in total. The fourth-order valence-electron chi connectivity index (χ4n) is 3.25. The van der Waals surface area contributed by atoms with Gasteiger partial charge in [0.2, 0.25) is 0 Å². The van der Waals surface area contributed by atoms with Crippen LogP contribution in [-0.2, 0) is 9.47 Å². The molecule has 2 aliphatic heterocycles. The molecule has 5 heteroatoms. The first kappa shape index (κ1) is 15.7. The molecule has 3 rings (SSSR count). The van der Waals surface area contributed by atoms with Crippen molar-refractivity contribution in [1.29, 1.82) is 0 Å². The summed E-state index contributed by atoms with van der Waals surface area (Å²) in [6, 6.07) is 5.74. The largest absolute Gasteiger partial charge is 0.381 e. The van der Waals surface area contributed by atoms with Gasteiger partial charge in [0.25, 0.3) is 0 Å². The van der Waals surface area contributed by atoms with Crippen LogP contribution in [0.3, 0.4) is 0 Å². The summed E-state index contributed by atoms with van der Waals surface area (Å²) in [5.41, 5.74) is 0.630. The van der Waals surface area contributed by atoms with E-state index in [1.54, 1.807) is 0 Å². The molecule has 2 saturated heterocycles. The van der Waals surface area contributed by atoms with Gasteiger partial charge in [-0.15, -0.1) is 0 Å². The quantitative estimate of drug-likeness (QED) is 0.670. The van der Waals surface area contributed by atoms with Crippen LogP contribution in [0.2, 0.25) is 0 Å². The molecular formula is C16H18Br2O3. The van der Waals surface area contributed by atoms with E-state index in [0.717, 1.165) is 53.4 Å². The minimum atomic E-state index is -0.140. The standard InChI is InChI=1S/C16H18Br2O3/c17-12-1-2-13(14(18)9-12)15(19)11-3-6-21-16(10-11)4-7-20-8-5-16/h1-2,9,11H,3-8,10H2. The Labute approximate surface area is 141 Å². The minimum Gasteiger partial charge on any atom is -0.381 e. The zero-order valence-corrected chi connectivity index (χ0v) is 14.9. The highest BCUT2D eigenvalue weighted by molar-refractivity contribution is 9.11. The van der Waals surface area contributed by atoms with Crippen LogP contribution < -0.4 is 0 Å². The van der Waals surface area contributed by atoms with Gasteiger partial charge in [-0.25, -0.2) is 0 Å². The second-order valence-corrected chi connectivity index (χ2v) is 7.59. The molecule has 0 amide bonds. The maximum absolute atomic E-state index is 12.8. The number of benzene rings is 1. The number of hydrogen-bond donors (Lipinski definition) is 0. The number of ketones is 1. The van der Waals surface area contributed by atoms with Crippen LogP contribution in [0.25, 0.3) is 0 Å². The van der Waals surface area contributed by atoms with Crippen molar-refractivity contribution in [2.45, 2.75) is 31.3 Å². The molecule has 0 saturated carbocycles. The molecule has 2 fully saturated rings. The maximum Gasteiger partial charge on any atom is 0.167 e. The molecule has 1 unspecified atom stereocenters. The number of carbonyl (C=O) groups is 1. The van der Waals surface area contributed by atoms with Gasteiger partial charge in [-0.05, 0) is 43.9 Å². The van der Waals surface area contributed by atoms with Crippen molar-refractivity contribution < 1.29 is 14.3 Å². The number of rotatable bonds is 2. The van der Waals surface area contributed by atoms with E-state index in [1.807, 2.05) is 18.2 Å². The van der Waals surface area contributed by atoms with Crippen LogP contribution in [0.4, 0.5) is 0 Å². The normalized spacial score (nSPS) is 25.0. The molecule has 1 atom stereocenters. The van der Waals surface area contributed by atoms with E-state index in [-0.39, 0.29) is 17.3 Å². The van der Waals surface area contributed by atoms with Gasteiger partial charge in [0.1, 0.15) is 0 Å². The smallest absolute Gasteiger partial charge is 0.167 e. The third kappa shape index (κ3) is 3.41. The molecule has 21 heavy (non-hydrogen) atoms. The van der Waals surface area contributed by atoms with E-state index in [9.17, 15) is 4.79 Å². The molecule has 0 aromatic heterocycles. The lowest BCUT2D eigenvalue weighted by atomic mass is 9.78. The van der Waals surface area contributed by atoms with Crippen molar-refractivity contribution >= 4 is 37.6 Å². The Hall–Kier alpha value is -0.230. The first-order valence-electron chi connectivity index (χ1n) is 7.31. The molecule has 0 aliphatic carbocycles. The number of carbonyl (C=O) groups excluding carboxylic acids is 1. The molecule has 2 aliphatic rings. The zero-order valence-electron chi connectivity index (χ0n) is 11.7. The molecule has 3 nitrogen and oxygen atoms in total. The maximum atomic E-state index is 12.8. The average molecular weight is 418 g/mol. The average Bonchev–Trinajstić information content (AvgIpc) is 2.47. The van der Waals surface area contributed by atoms with Gasteiger partial charge in [-0.2, -0.15) is 0 Å². The first-order valence-corrected chi connectivity index (χ1v) is 8.89. The molecule has 2 heterocycles. The lowest BCUT2D eigenvalue weighted by Crippen LogP contribution is -2.45.